The Kier molecular flexibility index (Phi) is 3.97. The second-order valence-corrected chi connectivity index (χ2v) is 6.08. The number of rotatable bonds is 6. The van der Waals surface area contributed by atoms with E-state index in [0.29, 0.717) is 29.1 Å². The summed E-state index contributed by atoms with van der Waals surface area (Å²) in [5.74, 6) is 2.06. The number of hydrogen-bond acceptors (Lipinski definition) is 5. The van der Waals surface area contributed by atoms with Crippen LogP contribution in [-0.2, 0) is 6.61 Å². The van der Waals surface area contributed by atoms with Gasteiger partial charge in [-0.3, -0.25) is 4.79 Å². The summed E-state index contributed by atoms with van der Waals surface area (Å²) in [6, 6.07) is 9.01. The number of carbonyl (C=O) groups is 1. The molecule has 2 heterocycles. The smallest absolute Gasteiger partial charge is 0.264 e. The number of aryl methyl sites for hydroxylation is 1. The van der Waals surface area contributed by atoms with E-state index in [9.17, 15) is 4.79 Å². The summed E-state index contributed by atoms with van der Waals surface area (Å²) < 4.78 is 10.6. The molecular formula is C18H18N4O3. The van der Waals surface area contributed by atoms with Crippen molar-refractivity contribution in [2.75, 3.05) is 5.32 Å². The number of amides is 1. The molecule has 128 valence electrons. The van der Waals surface area contributed by atoms with Crippen LogP contribution in [0.1, 0.15) is 46.5 Å². The van der Waals surface area contributed by atoms with Crippen LogP contribution in [0.4, 0.5) is 5.69 Å². The first-order valence-electron chi connectivity index (χ1n) is 8.20. The average Bonchev–Trinajstić information content (AvgIpc) is 3.18. The third-order valence-corrected chi connectivity index (χ3v) is 4.05. The van der Waals surface area contributed by atoms with Gasteiger partial charge in [-0.2, -0.15) is 4.98 Å². The zero-order chi connectivity index (χ0) is 17.2. The molecule has 1 fully saturated rings. The van der Waals surface area contributed by atoms with E-state index in [1.807, 2.05) is 12.3 Å². The lowest BCUT2D eigenvalue weighted by Crippen LogP contribution is -2.13. The van der Waals surface area contributed by atoms with Crippen molar-refractivity contribution >= 4 is 11.6 Å². The summed E-state index contributed by atoms with van der Waals surface area (Å²) in [4.78, 5) is 19.7. The highest BCUT2D eigenvalue weighted by Crippen LogP contribution is 2.40. The van der Waals surface area contributed by atoms with E-state index < -0.39 is 0 Å². The lowest BCUT2D eigenvalue weighted by Gasteiger charge is -2.08. The van der Waals surface area contributed by atoms with Crippen molar-refractivity contribution in [2.24, 2.45) is 0 Å². The maximum absolute atomic E-state index is 12.4. The van der Waals surface area contributed by atoms with Crippen molar-refractivity contribution < 1.29 is 14.1 Å². The number of nitrogens with one attached hydrogen (secondary N) is 2. The minimum absolute atomic E-state index is 0.0989. The second kappa shape index (κ2) is 6.43. The second-order valence-electron chi connectivity index (χ2n) is 6.08. The summed E-state index contributed by atoms with van der Waals surface area (Å²) in [7, 11) is 0. The Balaban J connectivity index is 1.36. The summed E-state index contributed by atoms with van der Waals surface area (Å²) in [5, 5.41) is 6.62. The van der Waals surface area contributed by atoms with Crippen molar-refractivity contribution in [2.45, 2.75) is 32.3 Å². The Morgan fingerprint density at radius 3 is 2.80 bits per heavy atom. The van der Waals surface area contributed by atoms with Gasteiger partial charge in [0.15, 0.2) is 12.4 Å². The number of hydrogen-bond donors (Lipinski definition) is 2. The molecule has 0 unspecified atom stereocenters. The van der Waals surface area contributed by atoms with Gasteiger partial charge in [-0.15, -0.1) is 0 Å². The van der Waals surface area contributed by atoms with Crippen molar-refractivity contribution in [1.29, 1.82) is 0 Å². The number of aromatic nitrogens is 3. The number of benzene rings is 1. The summed E-state index contributed by atoms with van der Waals surface area (Å²) in [5.41, 5.74) is 2.47. The molecule has 0 aliphatic heterocycles. The fraction of sp³-hybridized carbons (Fsp3) is 0.278. The van der Waals surface area contributed by atoms with Crippen molar-refractivity contribution in [3.8, 4) is 5.75 Å². The van der Waals surface area contributed by atoms with Crippen molar-refractivity contribution in [3.63, 3.8) is 0 Å². The van der Waals surface area contributed by atoms with E-state index in [1.54, 1.807) is 31.2 Å². The third kappa shape index (κ3) is 3.55. The van der Waals surface area contributed by atoms with Crippen LogP contribution in [0.2, 0.25) is 0 Å². The molecule has 0 radical (unpaired) electrons. The average molecular weight is 338 g/mol. The van der Waals surface area contributed by atoms with Crippen LogP contribution < -0.4 is 10.1 Å². The highest BCUT2D eigenvalue weighted by molar-refractivity contribution is 6.05. The number of carbonyl (C=O) groups excluding carboxylic acids is 1. The quantitative estimate of drug-likeness (QED) is 0.718. The summed E-state index contributed by atoms with van der Waals surface area (Å²) >= 11 is 0. The fourth-order valence-corrected chi connectivity index (χ4v) is 2.67. The highest BCUT2D eigenvalue weighted by atomic mass is 16.5. The molecule has 7 nitrogen and oxygen atoms in total. The molecule has 0 saturated heterocycles. The maximum Gasteiger partial charge on any atom is 0.264 e. The first kappa shape index (κ1) is 15.4. The highest BCUT2D eigenvalue weighted by Gasteiger charge is 2.29. The van der Waals surface area contributed by atoms with Gasteiger partial charge in [0, 0.05) is 17.6 Å². The van der Waals surface area contributed by atoms with E-state index in [0.717, 1.165) is 24.1 Å². The van der Waals surface area contributed by atoms with Crippen LogP contribution in [0, 0.1) is 6.92 Å². The Bertz CT molecular complexity index is 878. The van der Waals surface area contributed by atoms with E-state index in [4.69, 9.17) is 9.26 Å². The first-order valence-corrected chi connectivity index (χ1v) is 8.20. The lowest BCUT2D eigenvalue weighted by atomic mass is 10.1. The maximum atomic E-state index is 12.4. The monoisotopic (exact) mass is 338 g/mol. The number of aromatic amines is 1. The zero-order valence-corrected chi connectivity index (χ0v) is 13.8. The predicted molar refractivity (Wildman–Crippen MR) is 90.5 cm³/mol. The number of H-pyrrole nitrogens is 1. The van der Waals surface area contributed by atoms with Gasteiger partial charge in [-0.1, -0.05) is 5.16 Å². The number of nitrogens with zero attached hydrogens (tertiary/aromatic N) is 2. The molecule has 7 heteroatoms. The Hall–Kier alpha value is -3.09. The molecule has 3 aromatic rings. The van der Waals surface area contributed by atoms with Gasteiger partial charge in [0.05, 0.1) is 5.56 Å². The molecule has 1 aromatic carbocycles. The van der Waals surface area contributed by atoms with Crippen LogP contribution in [0.15, 0.2) is 41.1 Å². The molecule has 0 bridgehead atoms. The first-order chi connectivity index (χ1) is 12.2. The van der Waals surface area contributed by atoms with Crippen LogP contribution in [-0.4, -0.2) is 21.0 Å². The van der Waals surface area contributed by atoms with Gasteiger partial charge in [0.2, 0.25) is 0 Å². The molecule has 1 amide bonds. The lowest BCUT2D eigenvalue weighted by molar-refractivity contribution is 0.102. The van der Waals surface area contributed by atoms with Crippen molar-refractivity contribution in [3.05, 3.63) is 59.5 Å². The van der Waals surface area contributed by atoms with E-state index in [1.165, 1.54) is 0 Å². The van der Waals surface area contributed by atoms with Crippen molar-refractivity contribution in [1.82, 2.24) is 15.1 Å². The minimum Gasteiger partial charge on any atom is -0.484 e. The molecule has 2 N–H and O–H groups in total. The Morgan fingerprint density at radius 2 is 2.12 bits per heavy atom. The largest absolute Gasteiger partial charge is 0.484 e. The van der Waals surface area contributed by atoms with Crippen LogP contribution in [0.5, 0.6) is 5.75 Å². The zero-order valence-electron chi connectivity index (χ0n) is 13.8. The third-order valence-electron chi connectivity index (χ3n) is 4.05. The van der Waals surface area contributed by atoms with Crippen LogP contribution >= 0.6 is 0 Å². The predicted octanol–water partition coefficient (Wildman–Crippen LogP) is 3.41. The topological polar surface area (TPSA) is 93.0 Å². The van der Waals surface area contributed by atoms with Gasteiger partial charge in [0.25, 0.3) is 11.8 Å². The summed E-state index contributed by atoms with van der Waals surface area (Å²) in [6.45, 7) is 1.96. The van der Waals surface area contributed by atoms with Gasteiger partial charge in [-0.05, 0) is 56.0 Å². The SMILES string of the molecule is Cc1noc(COc2ccc(NC(=O)c3cc[nH]c3C3CC3)cc2)n1. The molecule has 25 heavy (non-hydrogen) atoms. The normalized spacial score (nSPS) is 13.6. The molecule has 4 rings (SSSR count). The number of anilines is 1. The van der Waals surface area contributed by atoms with E-state index in [-0.39, 0.29) is 12.5 Å². The van der Waals surface area contributed by atoms with Gasteiger partial charge < -0.3 is 19.6 Å². The molecule has 1 aliphatic rings. The van der Waals surface area contributed by atoms with E-state index >= 15 is 0 Å². The number of ether oxygens (including phenoxy) is 1. The van der Waals surface area contributed by atoms with E-state index in [2.05, 4.69) is 20.4 Å². The molecule has 1 saturated carbocycles. The minimum atomic E-state index is -0.0989. The molecule has 0 atom stereocenters. The summed E-state index contributed by atoms with van der Waals surface area (Å²) in [6.07, 6.45) is 4.11. The molecular weight excluding hydrogens is 320 g/mol. The molecule has 1 aliphatic carbocycles. The Labute approximate surface area is 144 Å². The molecule has 0 spiro atoms. The fourth-order valence-electron chi connectivity index (χ4n) is 2.67. The van der Waals surface area contributed by atoms with Crippen LogP contribution in [0.3, 0.4) is 0 Å². The van der Waals surface area contributed by atoms with Gasteiger partial charge in [0.1, 0.15) is 5.75 Å². The van der Waals surface area contributed by atoms with Gasteiger partial charge in [-0.25, -0.2) is 0 Å². The standard InChI is InChI=1S/C18H18N4O3/c1-11-20-16(25-22-11)10-24-14-6-4-13(5-7-14)21-18(23)15-8-9-19-17(15)12-2-3-12/h4-9,12,19H,2-3,10H2,1H3,(H,21,23). The van der Waals surface area contributed by atoms with Gasteiger partial charge >= 0.3 is 0 Å². The molecule has 2 aromatic heterocycles. The Morgan fingerprint density at radius 1 is 1.32 bits per heavy atom. The van der Waals surface area contributed by atoms with Crippen LogP contribution in [0.25, 0.3) is 0 Å².